The predicted molar refractivity (Wildman–Crippen MR) is 114 cm³/mol. The summed E-state index contributed by atoms with van der Waals surface area (Å²) in [4.78, 5) is 35.0. The predicted octanol–water partition coefficient (Wildman–Crippen LogP) is 2.36. The second-order valence-electron chi connectivity index (χ2n) is 5.94. The summed E-state index contributed by atoms with van der Waals surface area (Å²) >= 11 is 3.34. The van der Waals surface area contributed by atoms with Crippen molar-refractivity contribution in [3.05, 3.63) is 58.1 Å². The van der Waals surface area contributed by atoms with E-state index >= 15 is 0 Å². The third-order valence-corrected chi connectivity index (χ3v) is 4.07. The Morgan fingerprint density at radius 3 is 2.52 bits per heavy atom. The van der Waals surface area contributed by atoms with E-state index in [2.05, 4.69) is 37.1 Å². The van der Waals surface area contributed by atoms with Crippen molar-refractivity contribution in [3.8, 4) is 5.75 Å². The highest BCUT2D eigenvalue weighted by atomic mass is 79.9. The van der Waals surface area contributed by atoms with E-state index in [-0.39, 0.29) is 12.5 Å². The molecule has 0 heterocycles. The van der Waals surface area contributed by atoms with E-state index in [1.54, 1.807) is 25.1 Å². The molecule has 0 unspecified atom stereocenters. The summed E-state index contributed by atoms with van der Waals surface area (Å²) in [5, 5.41) is 8.88. The quantitative estimate of drug-likeness (QED) is 0.334. The van der Waals surface area contributed by atoms with Crippen molar-refractivity contribution in [2.24, 2.45) is 5.10 Å². The maximum atomic E-state index is 12.1. The number of hydrogen-bond acceptors (Lipinski definition) is 5. The van der Waals surface area contributed by atoms with Gasteiger partial charge in [-0.2, -0.15) is 5.10 Å². The van der Waals surface area contributed by atoms with Crippen LogP contribution in [0.1, 0.15) is 18.1 Å². The number of hydrogen-bond donors (Lipinski definition) is 3. The Morgan fingerprint density at radius 2 is 1.83 bits per heavy atom. The number of hydrazone groups is 1. The molecular weight excluding hydrogens is 440 g/mol. The lowest BCUT2D eigenvalue weighted by Crippen LogP contribution is -2.37. The van der Waals surface area contributed by atoms with Gasteiger partial charge in [-0.05, 0) is 44.2 Å². The lowest BCUT2D eigenvalue weighted by molar-refractivity contribution is -0.139. The van der Waals surface area contributed by atoms with Crippen molar-refractivity contribution in [2.75, 3.05) is 18.5 Å². The number of carbonyl (C=O) groups is 3. The van der Waals surface area contributed by atoms with Crippen LogP contribution in [0.4, 0.5) is 5.69 Å². The number of nitrogens with zero attached hydrogens (tertiary/aromatic N) is 1. The lowest BCUT2D eigenvalue weighted by Gasteiger charge is -2.10. The van der Waals surface area contributed by atoms with Crippen molar-refractivity contribution < 1.29 is 19.1 Å². The molecule has 0 atom stereocenters. The van der Waals surface area contributed by atoms with Gasteiger partial charge in [-0.3, -0.25) is 14.4 Å². The molecule has 0 saturated heterocycles. The van der Waals surface area contributed by atoms with Crippen LogP contribution in [0.3, 0.4) is 0 Å². The molecular formula is C20H21BrN4O4. The van der Waals surface area contributed by atoms with Crippen LogP contribution in [-0.2, 0) is 14.4 Å². The average molecular weight is 461 g/mol. The second kappa shape index (κ2) is 11.0. The van der Waals surface area contributed by atoms with Gasteiger partial charge in [0.1, 0.15) is 5.75 Å². The molecule has 0 aliphatic carbocycles. The lowest BCUT2D eigenvalue weighted by atomic mass is 10.2. The van der Waals surface area contributed by atoms with Crippen LogP contribution in [0.15, 0.2) is 52.0 Å². The van der Waals surface area contributed by atoms with Gasteiger partial charge in [-0.1, -0.05) is 33.6 Å². The topological polar surface area (TPSA) is 109 Å². The average Bonchev–Trinajstić information content (AvgIpc) is 2.69. The van der Waals surface area contributed by atoms with Gasteiger partial charge in [0.15, 0.2) is 6.61 Å². The summed E-state index contributed by atoms with van der Waals surface area (Å²) in [5.41, 5.74) is 4.42. The summed E-state index contributed by atoms with van der Waals surface area (Å²) in [6, 6.07) is 12.5. The molecule has 0 aromatic heterocycles. The fourth-order valence-electron chi connectivity index (χ4n) is 2.18. The van der Waals surface area contributed by atoms with Crippen LogP contribution in [0.5, 0.6) is 5.75 Å². The van der Waals surface area contributed by atoms with Gasteiger partial charge in [0.2, 0.25) is 0 Å². The molecule has 9 heteroatoms. The van der Waals surface area contributed by atoms with Gasteiger partial charge < -0.3 is 15.4 Å². The molecule has 2 rings (SSSR count). The zero-order valence-corrected chi connectivity index (χ0v) is 17.6. The Hall–Kier alpha value is -3.20. The molecule has 0 bridgehead atoms. The van der Waals surface area contributed by atoms with Crippen LogP contribution in [-0.4, -0.2) is 37.1 Å². The number of carbonyl (C=O) groups excluding carboxylic acids is 3. The van der Waals surface area contributed by atoms with Gasteiger partial charge in [-0.25, -0.2) is 5.43 Å². The maximum Gasteiger partial charge on any atom is 0.329 e. The molecule has 0 fully saturated rings. The Balaban J connectivity index is 1.97. The van der Waals surface area contributed by atoms with Crippen molar-refractivity contribution >= 4 is 45.6 Å². The molecule has 0 saturated carbocycles. The molecule has 0 aliphatic heterocycles. The largest absolute Gasteiger partial charge is 0.483 e. The van der Waals surface area contributed by atoms with Crippen LogP contribution in [0.2, 0.25) is 0 Å². The highest BCUT2D eigenvalue weighted by Crippen LogP contribution is 2.22. The van der Waals surface area contributed by atoms with Crippen molar-refractivity contribution in [2.45, 2.75) is 13.8 Å². The molecule has 2 aromatic carbocycles. The standard InChI is InChI=1S/C20H21BrN4O4/c1-3-22-19(27)20(28)25-23-11-14-10-15(21)6-9-17(14)29-12-18(26)24-16-7-4-13(2)5-8-16/h4-11H,3,12H2,1-2H3,(H,22,27)(H,24,26)(H,25,28)/b23-11-. The molecule has 0 aliphatic rings. The number of halogens is 1. The Bertz CT molecular complexity index is 913. The number of ether oxygens (including phenoxy) is 1. The fourth-order valence-corrected chi connectivity index (χ4v) is 2.56. The number of rotatable bonds is 7. The van der Waals surface area contributed by atoms with Crippen molar-refractivity contribution in [1.82, 2.24) is 10.7 Å². The third-order valence-electron chi connectivity index (χ3n) is 3.58. The first-order valence-corrected chi connectivity index (χ1v) is 9.58. The number of benzene rings is 2. The molecule has 0 radical (unpaired) electrons. The Morgan fingerprint density at radius 1 is 1.10 bits per heavy atom. The minimum atomic E-state index is -0.877. The molecule has 152 valence electrons. The second-order valence-corrected chi connectivity index (χ2v) is 6.86. The van der Waals surface area contributed by atoms with Gasteiger partial charge >= 0.3 is 11.8 Å². The summed E-state index contributed by atoms with van der Waals surface area (Å²) in [5.74, 6) is -1.58. The van der Waals surface area contributed by atoms with Crippen molar-refractivity contribution in [1.29, 1.82) is 0 Å². The van der Waals surface area contributed by atoms with E-state index in [4.69, 9.17) is 4.74 Å². The Labute approximate surface area is 176 Å². The highest BCUT2D eigenvalue weighted by Gasteiger charge is 2.11. The number of amides is 3. The van der Waals surface area contributed by atoms with Crippen LogP contribution < -0.4 is 20.8 Å². The first-order valence-electron chi connectivity index (χ1n) is 8.79. The Kier molecular flexibility index (Phi) is 8.35. The molecule has 29 heavy (non-hydrogen) atoms. The van der Waals surface area contributed by atoms with E-state index in [1.807, 2.05) is 31.2 Å². The molecule has 8 nitrogen and oxygen atoms in total. The number of likely N-dealkylation sites (N-methyl/N-ethyl adjacent to an activating group) is 1. The zero-order valence-electron chi connectivity index (χ0n) is 16.0. The minimum absolute atomic E-state index is 0.207. The molecule has 3 N–H and O–H groups in total. The van der Waals surface area contributed by atoms with Gasteiger partial charge in [0, 0.05) is 22.3 Å². The van der Waals surface area contributed by atoms with Gasteiger partial charge in [0.25, 0.3) is 5.91 Å². The van der Waals surface area contributed by atoms with E-state index < -0.39 is 11.8 Å². The van der Waals surface area contributed by atoms with Crippen molar-refractivity contribution in [3.63, 3.8) is 0 Å². The molecule has 2 aromatic rings. The van der Waals surface area contributed by atoms with Crippen LogP contribution in [0.25, 0.3) is 0 Å². The van der Waals surface area contributed by atoms with Gasteiger partial charge in [-0.15, -0.1) is 0 Å². The normalized spacial score (nSPS) is 10.4. The van der Waals surface area contributed by atoms with E-state index in [0.717, 1.165) is 10.0 Å². The summed E-state index contributed by atoms with van der Waals surface area (Å²) in [7, 11) is 0. The smallest absolute Gasteiger partial charge is 0.329 e. The van der Waals surface area contributed by atoms with Gasteiger partial charge in [0.05, 0.1) is 6.21 Å². The number of anilines is 1. The monoisotopic (exact) mass is 460 g/mol. The first-order chi connectivity index (χ1) is 13.9. The van der Waals surface area contributed by atoms with Crippen LogP contribution >= 0.6 is 15.9 Å². The van der Waals surface area contributed by atoms with E-state index in [0.29, 0.717) is 23.5 Å². The van der Waals surface area contributed by atoms with Crippen LogP contribution in [0, 0.1) is 6.92 Å². The minimum Gasteiger partial charge on any atom is -0.483 e. The SMILES string of the molecule is CCNC(=O)C(=O)N/N=C\c1cc(Br)ccc1OCC(=O)Nc1ccc(C)cc1. The number of nitrogens with one attached hydrogen (secondary N) is 3. The third kappa shape index (κ3) is 7.38. The zero-order chi connectivity index (χ0) is 21.2. The maximum absolute atomic E-state index is 12.1. The van der Waals surface area contributed by atoms with E-state index in [1.165, 1.54) is 6.21 Å². The number of aryl methyl sites for hydroxylation is 1. The summed E-state index contributed by atoms with van der Waals surface area (Å²) in [6.07, 6.45) is 1.33. The first kappa shape index (κ1) is 22.1. The fraction of sp³-hybridized carbons (Fsp3) is 0.200. The highest BCUT2D eigenvalue weighted by molar-refractivity contribution is 9.10. The molecule has 3 amide bonds. The summed E-state index contributed by atoms with van der Waals surface area (Å²) < 4.78 is 6.33. The molecule has 0 spiro atoms. The van der Waals surface area contributed by atoms with E-state index in [9.17, 15) is 14.4 Å². The summed E-state index contributed by atoms with van der Waals surface area (Å²) in [6.45, 7) is 3.80.